The van der Waals surface area contributed by atoms with Crippen molar-refractivity contribution in [3.63, 3.8) is 0 Å². The van der Waals surface area contributed by atoms with Crippen molar-refractivity contribution in [2.24, 2.45) is 5.73 Å². The van der Waals surface area contributed by atoms with E-state index >= 15 is 0 Å². The molecule has 114 valence electrons. The topological polar surface area (TPSA) is 94.6 Å². The number of hydrogen-bond donors (Lipinski definition) is 2. The van der Waals surface area contributed by atoms with Gasteiger partial charge in [0.1, 0.15) is 16.4 Å². The molecule has 6 nitrogen and oxygen atoms in total. The van der Waals surface area contributed by atoms with Crippen molar-refractivity contribution in [3.05, 3.63) is 17.6 Å². The van der Waals surface area contributed by atoms with Crippen LogP contribution in [0.15, 0.2) is 15.4 Å². The van der Waals surface area contributed by atoms with E-state index in [9.17, 15) is 8.42 Å². The van der Waals surface area contributed by atoms with Gasteiger partial charge in [-0.15, -0.1) is 0 Å². The highest BCUT2D eigenvalue weighted by Crippen LogP contribution is 2.21. The van der Waals surface area contributed by atoms with Gasteiger partial charge in [0, 0.05) is 12.6 Å². The van der Waals surface area contributed by atoms with E-state index in [4.69, 9.17) is 14.9 Å². The normalized spacial score (nSPS) is 16.9. The Labute approximate surface area is 119 Å². The Morgan fingerprint density at radius 2 is 2.15 bits per heavy atom. The molecule has 0 spiro atoms. The van der Waals surface area contributed by atoms with Crippen LogP contribution >= 0.6 is 0 Å². The molecule has 1 saturated carbocycles. The highest BCUT2D eigenvalue weighted by atomic mass is 32.2. The third-order valence-electron chi connectivity index (χ3n) is 3.46. The molecule has 1 fully saturated rings. The summed E-state index contributed by atoms with van der Waals surface area (Å²) in [5.74, 6) is 0.819. The van der Waals surface area contributed by atoms with Crippen molar-refractivity contribution < 1.29 is 17.6 Å². The first kappa shape index (κ1) is 15.5. The molecule has 0 atom stereocenters. The third-order valence-corrected chi connectivity index (χ3v) is 5.03. The molecule has 1 aromatic heterocycles. The summed E-state index contributed by atoms with van der Waals surface area (Å²) >= 11 is 0. The summed E-state index contributed by atoms with van der Waals surface area (Å²) in [5.41, 5.74) is 5.44. The van der Waals surface area contributed by atoms with E-state index in [-0.39, 0.29) is 18.0 Å². The van der Waals surface area contributed by atoms with Crippen molar-refractivity contribution in [1.29, 1.82) is 0 Å². The van der Waals surface area contributed by atoms with Gasteiger partial charge in [-0.1, -0.05) is 12.8 Å². The quantitative estimate of drug-likeness (QED) is 0.740. The predicted molar refractivity (Wildman–Crippen MR) is 74.7 cm³/mol. The predicted octanol–water partition coefficient (Wildman–Crippen LogP) is 1.28. The van der Waals surface area contributed by atoms with E-state index in [1.54, 1.807) is 6.92 Å². The highest BCUT2D eigenvalue weighted by Gasteiger charge is 2.21. The van der Waals surface area contributed by atoms with Crippen molar-refractivity contribution in [1.82, 2.24) is 4.72 Å². The van der Waals surface area contributed by atoms with Crippen molar-refractivity contribution in [2.45, 2.75) is 50.2 Å². The molecule has 0 saturated heterocycles. The monoisotopic (exact) mass is 302 g/mol. The van der Waals surface area contributed by atoms with Gasteiger partial charge in [-0.25, -0.2) is 13.1 Å². The first-order valence-electron chi connectivity index (χ1n) is 6.93. The van der Waals surface area contributed by atoms with E-state index in [0.29, 0.717) is 24.2 Å². The second-order valence-corrected chi connectivity index (χ2v) is 6.75. The van der Waals surface area contributed by atoms with E-state index in [1.807, 2.05) is 0 Å². The first-order valence-corrected chi connectivity index (χ1v) is 8.42. The lowest BCUT2D eigenvalue weighted by atomic mass is 10.3. The summed E-state index contributed by atoms with van der Waals surface area (Å²) < 4.78 is 37.6. The van der Waals surface area contributed by atoms with Gasteiger partial charge >= 0.3 is 0 Å². The average Bonchev–Trinajstić information content (AvgIpc) is 3.04. The second kappa shape index (κ2) is 6.71. The molecule has 0 bridgehead atoms. The maximum absolute atomic E-state index is 12.1. The Kier molecular flexibility index (Phi) is 5.20. The summed E-state index contributed by atoms with van der Waals surface area (Å²) in [7, 11) is -3.56. The number of nitrogens with one attached hydrogen (secondary N) is 1. The molecule has 0 unspecified atom stereocenters. The third kappa shape index (κ3) is 3.82. The van der Waals surface area contributed by atoms with Gasteiger partial charge < -0.3 is 14.9 Å². The SMILES string of the molecule is Cc1oc(CN)cc1S(=O)(=O)NCCOC1CCCC1. The summed E-state index contributed by atoms with van der Waals surface area (Å²) in [4.78, 5) is 0.152. The average molecular weight is 302 g/mol. The Morgan fingerprint density at radius 1 is 1.45 bits per heavy atom. The summed E-state index contributed by atoms with van der Waals surface area (Å²) in [6.45, 7) is 2.45. The van der Waals surface area contributed by atoms with E-state index in [2.05, 4.69) is 4.72 Å². The standard InChI is InChI=1S/C13H22N2O4S/c1-10-13(8-12(9-14)19-10)20(16,17)15-6-7-18-11-4-2-3-5-11/h8,11,15H,2-7,9,14H2,1H3. The molecule has 0 amide bonds. The number of sulfonamides is 1. The van der Waals surface area contributed by atoms with Crippen LogP contribution in [0.2, 0.25) is 0 Å². The number of aryl methyl sites for hydroxylation is 1. The van der Waals surface area contributed by atoms with Crippen molar-refractivity contribution in [3.8, 4) is 0 Å². The lowest BCUT2D eigenvalue weighted by Gasteiger charge is -2.11. The van der Waals surface area contributed by atoms with Gasteiger partial charge in [0.2, 0.25) is 10.0 Å². The fraction of sp³-hybridized carbons (Fsp3) is 0.692. The van der Waals surface area contributed by atoms with Crippen LogP contribution in [0, 0.1) is 6.92 Å². The van der Waals surface area contributed by atoms with Gasteiger partial charge in [-0.3, -0.25) is 0 Å². The van der Waals surface area contributed by atoms with Crippen LogP contribution in [0.3, 0.4) is 0 Å². The number of furan rings is 1. The lowest BCUT2D eigenvalue weighted by molar-refractivity contribution is 0.0626. The highest BCUT2D eigenvalue weighted by molar-refractivity contribution is 7.89. The number of ether oxygens (including phenoxy) is 1. The first-order chi connectivity index (χ1) is 9.53. The minimum absolute atomic E-state index is 0.152. The molecule has 1 aliphatic rings. The molecule has 7 heteroatoms. The summed E-state index contributed by atoms with van der Waals surface area (Å²) in [6.07, 6.45) is 4.85. The van der Waals surface area contributed by atoms with Crippen LogP contribution in [0.5, 0.6) is 0 Å². The molecule has 3 N–H and O–H groups in total. The van der Waals surface area contributed by atoms with Crippen molar-refractivity contribution in [2.75, 3.05) is 13.2 Å². The Morgan fingerprint density at radius 3 is 2.75 bits per heavy atom. The molecule has 1 heterocycles. The molecule has 0 aliphatic heterocycles. The van der Waals surface area contributed by atoms with Crippen LogP contribution in [0.1, 0.15) is 37.2 Å². The van der Waals surface area contributed by atoms with E-state index in [1.165, 1.54) is 18.9 Å². The zero-order valence-electron chi connectivity index (χ0n) is 11.7. The van der Waals surface area contributed by atoms with Crippen LogP contribution in [0.25, 0.3) is 0 Å². The Balaban J connectivity index is 1.85. The zero-order valence-corrected chi connectivity index (χ0v) is 12.5. The fourth-order valence-corrected chi connectivity index (χ4v) is 3.64. The maximum atomic E-state index is 12.1. The van der Waals surface area contributed by atoms with Gasteiger partial charge in [0.05, 0.1) is 19.3 Å². The fourth-order valence-electron chi connectivity index (χ4n) is 2.43. The van der Waals surface area contributed by atoms with E-state index < -0.39 is 10.0 Å². The molecule has 1 aliphatic carbocycles. The maximum Gasteiger partial charge on any atom is 0.244 e. The van der Waals surface area contributed by atoms with Crippen LogP contribution in [-0.4, -0.2) is 27.7 Å². The Hall–Kier alpha value is -0.890. The Bertz CT molecular complexity index is 533. The minimum Gasteiger partial charge on any atom is -0.464 e. The van der Waals surface area contributed by atoms with Crippen LogP contribution < -0.4 is 10.5 Å². The molecule has 0 radical (unpaired) electrons. The van der Waals surface area contributed by atoms with Crippen LogP contribution in [-0.2, 0) is 21.3 Å². The van der Waals surface area contributed by atoms with Gasteiger partial charge in [0.15, 0.2) is 0 Å². The number of rotatable bonds is 7. The molecular weight excluding hydrogens is 280 g/mol. The zero-order chi connectivity index (χ0) is 14.6. The molecule has 20 heavy (non-hydrogen) atoms. The van der Waals surface area contributed by atoms with Crippen LogP contribution in [0.4, 0.5) is 0 Å². The summed E-state index contributed by atoms with van der Waals surface area (Å²) in [6, 6.07) is 1.47. The smallest absolute Gasteiger partial charge is 0.244 e. The largest absolute Gasteiger partial charge is 0.464 e. The van der Waals surface area contributed by atoms with E-state index in [0.717, 1.165) is 12.8 Å². The van der Waals surface area contributed by atoms with Crippen molar-refractivity contribution >= 4 is 10.0 Å². The minimum atomic E-state index is -3.56. The molecule has 2 rings (SSSR count). The molecular formula is C13H22N2O4S. The number of nitrogens with two attached hydrogens (primary N) is 1. The lowest BCUT2D eigenvalue weighted by Crippen LogP contribution is -2.28. The molecule has 1 aromatic rings. The van der Waals surface area contributed by atoms with Gasteiger partial charge in [-0.05, 0) is 19.8 Å². The molecule has 0 aromatic carbocycles. The van der Waals surface area contributed by atoms with Gasteiger partial charge in [-0.2, -0.15) is 0 Å². The van der Waals surface area contributed by atoms with Gasteiger partial charge in [0.25, 0.3) is 0 Å². The second-order valence-electron chi connectivity index (χ2n) is 5.01. The summed E-state index contributed by atoms with van der Waals surface area (Å²) in [5, 5.41) is 0. The number of hydrogen-bond acceptors (Lipinski definition) is 5.